The average molecular weight is 287 g/mol. The summed E-state index contributed by atoms with van der Waals surface area (Å²) in [6.45, 7) is 5.68. The van der Waals surface area contributed by atoms with Crippen molar-refractivity contribution in [1.82, 2.24) is 4.98 Å². The summed E-state index contributed by atoms with van der Waals surface area (Å²) in [6, 6.07) is 3.59. The normalized spacial score (nSPS) is 10.6. The first-order chi connectivity index (χ1) is 7.49. The van der Waals surface area contributed by atoms with E-state index < -0.39 is 0 Å². The van der Waals surface area contributed by atoms with Gasteiger partial charge in [-0.15, -0.1) is 0 Å². The zero-order chi connectivity index (χ0) is 12.1. The Hall–Kier alpha value is -0.940. The number of rotatable bonds is 4. The molecule has 0 bridgehead atoms. The second-order valence-electron chi connectivity index (χ2n) is 3.67. The maximum absolute atomic E-state index is 11.4. The average Bonchev–Trinajstić information content (AvgIpc) is 2.21. The number of aromatic nitrogens is 1. The number of amides is 1. The Morgan fingerprint density at radius 2 is 2.25 bits per heavy atom. The van der Waals surface area contributed by atoms with Crippen molar-refractivity contribution < 1.29 is 9.53 Å². The molecule has 1 amide bonds. The predicted octanol–water partition coefficient (Wildman–Crippen LogP) is 2.52. The SMILES string of the molecule is Cc1nc(NC(=O)COC(C)C)ccc1Br. The molecule has 0 aliphatic heterocycles. The van der Waals surface area contributed by atoms with E-state index in [0.717, 1.165) is 10.2 Å². The van der Waals surface area contributed by atoms with Crippen LogP contribution in [0, 0.1) is 6.92 Å². The Bertz CT molecular complexity index is 380. The number of hydrogen-bond acceptors (Lipinski definition) is 3. The number of ether oxygens (including phenoxy) is 1. The van der Waals surface area contributed by atoms with Crippen LogP contribution in [-0.2, 0) is 9.53 Å². The highest BCUT2D eigenvalue weighted by atomic mass is 79.9. The molecule has 0 aromatic carbocycles. The predicted molar refractivity (Wildman–Crippen MR) is 66.4 cm³/mol. The number of carbonyl (C=O) groups is 1. The third-order valence-corrected chi connectivity index (χ3v) is 2.67. The van der Waals surface area contributed by atoms with E-state index >= 15 is 0 Å². The van der Waals surface area contributed by atoms with Crippen LogP contribution in [0.1, 0.15) is 19.5 Å². The second-order valence-corrected chi connectivity index (χ2v) is 4.53. The molecule has 1 N–H and O–H groups in total. The molecule has 88 valence electrons. The van der Waals surface area contributed by atoms with Gasteiger partial charge in [0.25, 0.3) is 5.91 Å². The zero-order valence-electron chi connectivity index (χ0n) is 9.58. The number of anilines is 1. The van der Waals surface area contributed by atoms with Gasteiger partial charge in [-0.05, 0) is 48.8 Å². The molecule has 0 aliphatic carbocycles. The molecule has 1 rings (SSSR count). The van der Waals surface area contributed by atoms with Gasteiger partial charge in [0, 0.05) is 4.47 Å². The van der Waals surface area contributed by atoms with Crippen molar-refractivity contribution in [1.29, 1.82) is 0 Å². The molecule has 0 saturated heterocycles. The molecule has 0 atom stereocenters. The van der Waals surface area contributed by atoms with Crippen LogP contribution in [0.25, 0.3) is 0 Å². The molecule has 1 aromatic heterocycles. The molecule has 4 nitrogen and oxygen atoms in total. The van der Waals surface area contributed by atoms with Gasteiger partial charge in [-0.2, -0.15) is 0 Å². The Balaban J connectivity index is 2.53. The van der Waals surface area contributed by atoms with E-state index in [1.54, 1.807) is 6.07 Å². The van der Waals surface area contributed by atoms with Crippen molar-refractivity contribution in [2.75, 3.05) is 11.9 Å². The summed E-state index contributed by atoms with van der Waals surface area (Å²) in [6.07, 6.45) is 0.0466. The summed E-state index contributed by atoms with van der Waals surface area (Å²) in [7, 11) is 0. The van der Waals surface area contributed by atoms with Crippen LogP contribution >= 0.6 is 15.9 Å². The lowest BCUT2D eigenvalue weighted by Gasteiger charge is -2.08. The standard InChI is InChI=1S/C11H15BrN2O2/c1-7(2)16-6-11(15)14-10-5-4-9(12)8(3)13-10/h4-5,7H,6H2,1-3H3,(H,13,14,15). The van der Waals surface area contributed by atoms with Crippen LogP contribution in [0.3, 0.4) is 0 Å². The van der Waals surface area contributed by atoms with Crippen LogP contribution in [-0.4, -0.2) is 23.6 Å². The lowest BCUT2D eigenvalue weighted by molar-refractivity contribution is -0.121. The molecule has 0 aliphatic rings. The molecule has 0 spiro atoms. The summed E-state index contributed by atoms with van der Waals surface area (Å²) >= 11 is 3.35. The first-order valence-corrected chi connectivity index (χ1v) is 5.83. The Labute approximate surface area is 104 Å². The van der Waals surface area contributed by atoms with Crippen LogP contribution < -0.4 is 5.32 Å². The van der Waals surface area contributed by atoms with Crippen LogP contribution in [0.4, 0.5) is 5.82 Å². The molecule has 16 heavy (non-hydrogen) atoms. The van der Waals surface area contributed by atoms with E-state index in [-0.39, 0.29) is 18.6 Å². The molecular weight excluding hydrogens is 272 g/mol. The number of pyridine rings is 1. The molecule has 0 radical (unpaired) electrons. The van der Waals surface area contributed by atoms with Crippen molar-refractivity contribution in [3.63, 3.8) is 0 Å². The van der Waals surface area contributed by atoms with Gasteiger partial charge < -0.3 is 10.1 Å². The Kier molecular flexibility index (Phi) is 4.89. The topological polar surface area (TPSA) is 51.2 Å². The number of carbonyl (C=O) groups excluding carboxylic acids is 1. The summed E-state index contributed by atoms with van der Waals surface area (Å²) in [5.74, 6) is 0.348. The third kappa shape index (κ3) is 4.28. The van der Waals surface area contributed by atoms with E-state index in [0.29, 0.717) is 5.82 Å². The lowest BCUT2D eigenvalue weighted by atomic mass is 10.3. The third-order valence-electron chi connectivity index (χ3n) is 1.84. The molecular formula is C11H15BrN2O2. The smallest absolute Gasteiger partial charge is 0.251 e. The molecule has 0 fully saturated rings. The van der Waals surface area contributed by atoms with Gasteiger partial charge in [-0.1, -0.05) is 0 Å². The first kappa shape index (κ1) is 13.1. The Morgan fingerprint density at radius 3 is 2.81 bits per heavy atom. The molecule has 1 heterocycles. The fraction of sp³-hybridized carbons (Fsp3) is 0.455. The summed E-state index contributed by atoms with van der Waals surface area (Å²) in [5, 5.41) is 2.67. The number of nitrogens with zero attached hydrogens (tertiary/aromatic N) is 1. The summed E-state index contributed by atoms with van der Waals surface area (Å²) in [4.78, 5) is 15.6. The van der Waals surface area contributed by atoms with Crippen molar-refractivity contribution in [2.24, 2.45) is 0 Å². The number of halogens is 1. The van der Waals surface area contributed by atoms with Crippen LogP contribution in [0.5, 0.6) is 0 Å². The van der Waals surface area contributed by atoms with Gasteiger partial charge in [-0.25, -0.2) is 4.98 Å². The van der Waals surface area contributed by atoms with Gasteiger partial charge in [0.2, 0.25) is 0 Å². The maximum Gasteiger partial charge on any atom is 0.251 e. The fourth-order valence-electron chi connectivity index (χ4n) is 1.03. The molecule has 1 aromatic rings. The molecule has 0 saturated carbocycles. The van der Waals surface area contributed by atoms with Gasteiger partial charge in [0.1, 0.15) is 12.4 Å². The van der Waals surface area contributed by atoms with Gasteiger partial charge in [0.05, 0.1) is 11.8 Å². The number of nitrogens with one attached hydrogen (secondary N) is 1. The highest BCUT2D eigenvalue weighted by molar-refractivity contribution is 9.10. The zero-order valence-corrected chi connectivity index (χ0v) is 11.2. The first-order valence-electron chi connectivity index (χ1n) is 5.03. The van der Waals surface area contributed by atoms with Crippen LogP contribution in [0.15, 0.2) is 16.6 Å². The minimum Gasteiger partial charge on any atom is -0.369 e. The van der Waals surface area contributed by atoms with Gasteiger partial charge >= 0.3 is 0 Å². The van der Waals surface area contributed by atoms with Gasteiger partial charge in [-0.3, -0.25) is 4.79 Å². The number of aryl methyl sites for hydroxylation is 1. The minimum atomic E-state index is -0.192. The largest absolute Gasteiger partial charge is 0.369 e. The van der Waals surface area contributed by atoms with Crippen molar-refractivity contribution in [3.05, 3.63) is 22.3 Å². The monoisotopic (exact) mass is 286 g/mol. The van der Waals surface area contributed by atoms with E-state index in [1.165, 1.54) is 0 Å². The minimum absolute atomic E-state index is 0.0466. The summed E-state index contributed by atoms with van der Waals surface area (Å²) in [5.41, 5.74) is 0.836. The quantitative estimate of drug-likeness (QED) is 0.925. The fourth-order valence-corrected chi connectivity index (χ4v) is 1.26. The van der Waals surface area contributed by atoms with E-state index in [9.17, 15) is 4.79 Å². The lowest BCUT2D eigenvalue weighted by Crippen LogP contribution is -2.21. The second kappa shape index (κ2) is 5.96. The molecule has 5 heteroatoms. The van der Waals surface area contributed by atoms with E-state index in [4.69, 9.17) is 4.74 Å². The van der Waals surface area contributed by atoms with Crippen molar-refractivity contribution in [2.45, 2.75) is 26.9 Å². The van der Waals surface area contributed by atoms with Crippen molar-refractivity contribution in [3.8, 4) is 0 Å². The highest BCUT2D eigenvalue weighted by Gasteiger charge is 2.05. The van der Waals surface area contributed by atoms with E-state index in [1.807, 2.05) is 26.8 Å². The summed E-state index contributed by atoms with van der Waals surface area (Å²) < 4.78 is 6.10. The van der Waals surface area contributed by atoms with Crippen LogP contribution in [0.2, 0.25) is 0 Å². The highest BCUT2D eigenvalue weighted by Crippen LogP contribution is 2.15. The van der Waals surface area contributed by atoms with Gasteiger partial charge in [0.15, 0.2) is 0 Å². The van der Waals surface area contributed by atoms with E-state index in [2.05, 4.69) is 26.2 Å². The molecule has 0 unspecified atom stereocenters. The van der Waals surface area contributed by atoms with Crippen molar-refractivity contribution >= 4 is 27.7 Å². The number of hydrogen-bond donors (Lipinski definition) is 1. The maximum atomic E-state index is 11.4. The Morgan fingerprint density at radius 1 is 1.56 bits per heavy atom.